The van der Waals surface area contributed by atoms with Crippen molar-refractivity contribution in [2.45, 2.75) is 420 Å². The summed E-state index contributed by atoms with van der Waals surface area (Å²) < 4.78 is 68.6. The lowest BCUT2D eigenvalue weighted by molar-refractivity contribution is -0.161. The summed E-state index contributed by atoms with van der Waals surface area (Å²) in [5.74, 6) is 1.02. The summed E-state index contributed by atoms with van der Waals surface area (Å²) in [4.78, 5) is 73.0. The van der Waals surface area contributed by atoms with E-state index in [1.807, 2.05) is 0 Å². The van der Waals surface area contributed by atoms with Crippen LogP contribution < -0.4 is 0 Å². The number of rotatable bonds is 76. The lowest BCUT2D eigenvalue weighted by Gasteiger charge is -2.21. The molecule has 0 saturated heterocycles. The first-order valence-corrected chi connectivity index (χ1v) is 43.8. The molecule has 0 aliphatic rings. The van der Waals surface area contributed by atoms with Gasteiger partial charge < -0.3 is 33.8 Å². The summed E-state index contributed by atoms with van der Waals surface area (Å²) in [5, 5.41) is 10.6. The third kappa shape index (κ3) is 69.8. The maximum Gasteiger partial charge on any atom is 0.472 e. The lowest BCUT2D eigenvalue weighted by Crippen LogP contribution is -2.30. The van der Waals surface area contributed by atoms with Gasteiger partial charge in [-0.15, -0.1) is 0 Å². The Bertz CT molecular complexity index is 1920. The lowest BCUT2D eigenvalue weighted by atomic mass is 9.99. The Balaban J connectivity index is 5.24. The van der Waals surface area contributed by atoms with Gasteiger partial charge in [-0.25, -0.2) is 9.13 Å². The normalized spacial score (nSPS) is 14.6. The minimum absolute atomic E-state index is 0.106. The van der Waals surface area contributed by atoms with Gasteiger partial charge in [-0.3, -0.25) is 37.3 Å². The molecule has 0 aliphatic heterocycles. The zero-order chi connectivity index (χ0) is 72.4. The molecule has 3 N–H and O–H groups in total. The summed E-state index contributed by atoms with van der Waals surface area (Å²) in [6.45, 7) is 14.3. The molecule has 0 spiro atoms. The molecule has 7 atom stereocenters. The van der Waals surface area contributed by atoms with E-state index < -0.39 is 97.5 Å². The van der Waals surface area contributed by atoms with Crippen LogP contribution in [0.15, 0.2) is 0 Å². The average Bonchev–Trinajstić information content (AvgIpc) is 0.942. The van der Waals surface area contributed by atoms with Crippen LogP contribution in [-0.2, 0) is 65.4 Å². The minimum atomic E-state index is -4.96. The van der Waals surface area contributed by atoms with Crippen molar-refractivity contribution >= 4 is 39.5 Å². The third-order valence-corrected chi connectivity index (χ3v) is 20.9. The van der Waals surface area contributed by atoms with Crippen LogP contribution in [0.5, 0.6) is 0 Å². The van der Waals surface area contributed by atoms with Gasteiger partial charge >= 0.3 is 39.5 Å². The topological polar surface area (TPSA) is 237 Å². The number of aliphatic hydroxyl groups excluding tert-OH is 1. The summed E-state index contributed by atoms with van der Waals surface area (Å²) in [6, 6.07) is 0. The fourth-order valence-corrected chi connectivity index (χ4v) is 13.6. The Morgan fingerprint density at radius 1 is 0.286 bits per heavy atom. The summed E-state index contributed by atoms with van der Waals surface area (Å²) >= 11 is 0. The summed E-state index contributed by atoms with van der Waals surface area (Å²) in [5.41, 5.74) is 0. The summed E-state index contributed by atoms with van der Waals surface area (Å²) in [6.07, 6.45) is 54.0. The molecule has 0 aliphatic carbocycles. The zero-order valence-electron chi connectivity index (χ0n) is 64.4. The number of carbonyl (C=O) groups is 4. The van der Waals surface area contributed by atoms with Gasteiger partial charge in [0.15, 0.2) is 12.2 Å². The molecule has 0 fully saturated rings. The highest BCUT2D eigenvalue weighted by atomic mass is 31.2. The van der Waals surface area contributed by atoms with Crippen molar-refractivity contribution < 1.29 is 80.2 Å². The van der Waals surface area contributed by atoms with E-state index in [-0.39, 0.29) is 25.7 Å². The van der Waals surface area contributed by atoms with Crippen molar-refractivity contribution in [2.24, 2.45) is 23.7 Å². The second-order valence-electron chi connectivity index (χ2n) is 29.9. The molecule has 0 aromatic heterocycles. The highest BCUT2D eigenvalue weighted by Crippen LogP contribution is 2.45. The SMILES string of the molecule is CCC(C)CCCCCCCCCCCCCCCCC(=O)OC[C@H](COP(=O)(O)OC[C@@H](O)COP(=O)(O)OC[C@@H](COC(=O)CCCCCCCCC(C)CC)OC(=O)CCCCCCCCCCCCCCCC(C)C)OC(=O)CCCCCCCCCCCCCC(C)C. The zero-order valence-corrected chi connectivity index (χ0v) is 66.2. The number of esters is 4. The Morgan fingerprint density at radius 3 is 0.724 bits per heavy atom. The second-order valence-corrected chi connectivity index (χ2v) is 32.8. The molecule has 17 nitrogen and oxygen atoms in total. The van der Waals surface area contributed by atoms with Gasteiger partial charge in [0.25, 0.3) is 0 Å². The second kappa shape index (κ2) is 68.2. The fraction of sp³-hybridized carbons (Fsp3) is 0.949. The monoisotopic (exact) mass is 1440 g/mol. The Hall–Kier alpha value is -1.94. The van der Waals surface area contributed by atoms with E-state index in [4.69, 9.17) is 37.0 Å². The van der Waals surface area contributed by atoms with Crippen molar-refractivity contribution in [3.8, 4) is 0 Å². The molecule has 0 rings (SSSR count). The van der Waals surface area contributed by atoms with Crippen molar-refractivity contribution in [3.05, 3.63) is 0 Å². The van der Waals surface area contributed by atoms with E-state index in [0.29, 0.717) is 25.7 Å². The molecule has 0 heterocycles. The number of aliphatic hydroxyl groups is 1. The molecule has 0 bridgehead atoms. The van der Waals surface area contributed by atoms with Gasteiger partial charge in [0, 0.05) is 25.7 Å². The van der Waals surface area contributed by atoms with Gasteiger partial charge in [-0.2, -0.15) is 0 Å². The Labute approximate surface area is 600 Å². The molecule has 582 valence electrons. The first-order valence-electron chi connectivity index (χ1n) is 40.8. The molecule has 0 aromatic carbocycles. The predicted molar refractivity (Wildman–Crippen MR) is 400 cm³/mol. The van der Waals surface area contributed by atoms with Crippen molar-refractivity contribution in [1.29, 1.82) is 0 Å². The maximum atomic E-state index is 13.1. The van der Waals surface area contributed by atoms with E-state index in [9.17, 15) is 43.2 Å². The van der Waals surface area contributed by atoms with E-state index in [1.165, 1.54) is 199 Å². The van der Waals surface area contributed by atoms with Crippen LogP contribution in [0.1, 0.15) is 402 Å². The van der Waals surface area contributed by atoms with E-state index >= 15 is 0 Å². The van der Waals surface area contributed by atoms with E-state index in [0.717, 1.165) is 120 Å². The van der Waals surface area contributed by atoms with Crippen LogP contribution >= 0.6 is 15.6 Å². The molecular formula is C79H154O17P2. The molecule has 98 heavy (non-hydrogen) atoms. The molecule has 4 unspecified atom stereocenters. The van der Waals surface area contributed by atoms with Gasteiger partial charge in [-0.05, 0) is 49.4 Å². The number of hydrogen-bond donors (Lipinski definition) is 3. The first kappa shape index (κ1) is 96.1. The number of hydrogen-bond acceptors (Lipinski definition) is 15. The van der Waals surface area contributed by atoms with E-state index in [2.05, 4.69) is 55.4 Å². The number of carbonyl (C=O) groups excluding carboxylic acids is 4. The molecule has 19 heteroatoms. The van der Waals surface area contributed by atoms with Crippen LogP contribution in [0.4, 0.5) is 0 Å². The summed E-state index contributed by atoms with van der Waals surface area (Å²) in [7, 11) is -9.92. The quantitative estimate of drug-likeness (QED) is 0.0222. The third-order valence-electron chi connectivity index (χ3n) is 19.0. The highest BCUT2D eigenvalue weighted by molar-refractivity contribution is 7.47. The largest absolute Gasteiger partial charge is 0.472 e. The predicted octanol–water partition coefficient (Wildman–Crippen LogP) is 23.2. The highest BCUT2D eigenvalue weighted by Gasteiger charge is 2.30. The van der Waals surface area contributed by atoms with Crippen LogP contribution in [0.2, 0.25) is 0 Å². The van der Waals surface area contributed by atoms with Crippen molar-refractivity contribution in [1.82, 2.24) is 0 Å². The molecule has 0 amide bonds. The van der Waals surface area contributed by atoms with Gasteiger partial charge in [0.1, 0.15) is 19.3 Å². The number of unbranched alkanes of at least 4 members (excludes halogenated alkanes) is 40. The number of phosphoric acid groups is 2. The molecule has 0 saturated carbocycles. The first-order chi connectivity index (χ1) is 47.2. The van der Waals surface area contributed by atoms with Gasteiger partial charge in [-0.1, -0.05) is 351 Å². The van der Waals surface area contributed by atoms with Gasteiger partial charge in [0.2, 0.25) is 0 Å². The van der Waals surface area contributed by atoms with Crippen molar-refractivity contribution in [3.63, 3.8) is 0 Å². The Morgan fingerprint density at radius 2 is 0.490 bits per heavy atom. The molecule has 0 aromatic rings. The van der Waals surface area contributed by atoms with Crippen LogP contribution in [0.3, 0.4) is 0 Å². The van der Waals surface area contributed by atoms with Crippen LogP contribution in [-0.4, -0.2) is 96.7 Å². The van der Waals surface area contributed by atoms with Crippen molar-refractivity contribution in [2.75, 3.05) is 39.6 Å². The van der Waals surface area contributed by atoms with Crippen LogP contribution in [0, 0.1) is 23.7 Å². The Kier molecular flexibility index (Phi) is 66.8. The number of phosphoric ester groups is 2. The smallest absolute Gasteiger partial charge is 0.462 e. The standard InChI is InChI=1S/C79H154O17P2/c1-9-71(7)57-49-41-33-27-21-15-11-12-16-22-28-34-43-51-59-76(81)89-65-74(95-79(84)62-54-46-36-30-24-18-20-26-32-40-48-56-70(5)6)67-93-97(85,86)91-63-73(80)64-92-98(87,88)94-68-75(66-90-77(82)60-52-44-38-37-42-50-58-72(8)10-2)96-78(83)61-53-45-35-29-23-17-13-14-19-25-31-39-47-55-69(3)4/h69-75,80H,9-68H2,1-8H3,(H,85,86)(H,87,88)/t71?,72?,73-,74-,75-/m1/s1. The minimum Gasteiger partial charge on any atom is -0.462 e. The number of ether oxygens (including phenoxy) is 4. The van der Waals surface area contributed by atoms with Crippen LogP contribution in [0.25, 0.3) is 0 Å². The average molecular weight is 1440 g/mol. The molecule has 0 radical (unpaired) electrons. The fourth-order valence-electron chi connectivity index (χ4n) is 12.0. The molecular weight excluding hydrogens is 1280 g/mol. The maximum absolute atomic E-state index is 13.1. The van der Waals surface area contributed by atoms with Gasteiger partial charge in [0.05, 0.1) is 26.4 Å². The van der Waals surface area contributed by atoms with E-state index in [1.54, 1.807) is 0 Å².